The Labute approximate surface area is 112 Å². The van der Waals surface area contributed by atoms with Gasteiger partial charge >= 0.3 is 0 Å². The molecular weight excluding hydrogens is 240 g/mol. The van der Waals surface area contributed by atoms with Crippen LogP contribution >= 0.6 is 0 Å². The van der Waals surface area contributed by atoms with Crippen molar-refractivity contribution in [2.45, 2.75) is 26.7 Å². The van der Waals surface area contributed by atoms with Crippen LogP contribution in [0.5, 0.6) is 0 Å². The highest BCUT2D eigenvalue weighted by Gasteiger charge is 2.17. The molecule has 0 saturated heterocycles. The summed E-state index contributed by atoms with van der Waals surface area (Å²) in [5.41, 5.74) is 8.66. The van der Waals surface area contributed by atoms with Gasteiger partial charge in [0.2, 0.25) is 0 Å². The van der Waals surface area contributed by atoms with E-state index in [2.05, 4.69) is 29.4 Å². The van der Waals surface area contributed by atoms with Crippen molar-refractivity contribution in [3.05, 3.63) is 41.1 Å². The van der Waals surface area contributed by atoms with Gasteiger partial charge in [0.05, 0.1) is 0 Å². The standard InChI is InChI=1S/C14H18N4O/c1-8(2)10-6-4-5-7-11(10)16-14(19)12-9(3)17-18-13(12)15/h4-8H,1-3H3,(H,16,19)(H3,15,17,18). The number of carbonyl (C=O) groups excluding carboxylic acids is 1. The number of aromatic nitrogens is 2. The molecule has 4 N–H and O–H groups in total. The molecule has 5 heteroatoms. The fourth-order valence-electron chi connectivity index (χ4n) is 2.03. The van der Waals surface area contributed by atoms with Crippen LogP contribution in [0, 0.1) is 6.92 Å². The van der Waals surface area contributed by atoms with E-state index in [0.29, 0.717) is 17.2 Å². The highest BCUT2D eigenvalue weighted by molar-refractivity contribution is 6.08. The number of nitrogens with two attached hydrogens (primary N) is 1. The Morgan fingerprint density at radius 2 is 2.05 bits per heavy atom. The minimum Gasteiger partial charge on any atom is -0.382 e. The zero-order valence-corrected chi connectivity index (χ0v) is 11.3. The van der Waals surface area contributed by atoms with Crippen molar-refractivity contribution in [2.75, 3.05) is 11.1 Å². The predicted molar refractivity (Wildman–Crippen MR) is 76.2 cm³/mol. The highest BCUT2D eigenvalue weighted by Crippen LogP contribution is 2.25. The normalized spacial score (nSPS) is 10.7. The second-order valence-corrected chi connectivity index (χ2v) is 4.80. The first kappa shape index (κ1) is 13.1. The SMILES string of the molecule is Cc1[nH]nc(N)c1C(=O)Nc1ccccc1C(C)C. The molecule has 0 spiro atoms. The molecule has 1 heterocycles. The third-order valence-electron chi connectivity index (χ3n) is 3.03. The van der Waals surface area contributed by atoms with Crippen LogP contribution in [-0.4, -0.2) is 16.1 Å². The van der Waals surface area contributed by atoms with Crippen molar-refractivity contribution in [2.24, 2.45) is 0 Å². The van der Waals surface area contributed by atoms with Gasteiger partial charge in [-0.15, -0.1) is 0 Å². The Kier molecular flexibility index (Phi) is 3.55. The van der Waals surface area contributed by atoms with E-state index in [0.717, 1.165) is 11.3 Å². The van der Waals surface area contributed by atoms with Crippen molar-refractivity contribution >= 4 is 17.4 Å². The van der Waals surface area contributed by atoms with Crippen LogP contribution in [0.2, 0.25) is 0 Å². The molecule has 0 bridgehead atoms. The second-order valence-electron chi connectivity index (χ2n) is 4.80. The minimum absolute atomic E-state index is 0.219. The average molecular weight is 258 g/mol. The van der Waals surface area contributed by atoms with E-state index in [-0.39, 0.29) is 11.7 Å². The molecule has 19 heavy (non-hydrogen) atoms. The number of nitrogen functional groups attached to an aromatic ring is 1. The summed E-state index contributed by atoms with van der Waals surface area (Å²) in [6, 6.07) is 7.75. The average Bonchev–Trinajstić information content (AvgIpc) is 2.69. The number of hydrogen-bond acceptors (Lipinski definition) is 3. The number of anilines is 2. The number of nitrogens with zero attached hydrogens (tertiary/aromatic N) is 1. The van der Waals surface area contributed by atoms with Crippen LogP contribution in [0.15, 0.2) is 24.3 Å². The summed E-state index contributed by atoms with van der Waals surface area (Å²) in [7, 11) is 0. The summed E-state index contributed by atoms with van der Waals surface area (Å²) in [5.74, 6) is 0.313. The quantitative estimate of drug-likeness (QED) is 0.791. The maximum atomic E-state index is 12.2. The predicted octanol–water partition coefficient (Wildman–Crippen LogP) is 2.68. The lowest BCUT2D eigenvalue weighted by Crippen LogP contribution is -2.15. The summed E-state index contributed by atoms with van der Waals surface area (Å²) in [5, 5.41) is 9.43. The number of aromatic amines is 1. The van der Waals surface area contributed by atoms with Crippen molar-refractivity contribution in [3.63, 3.8) is 0 Å². The molecular formula is C14H18N4O. The monoisotopic (exact) mass is 258 g/mol. The summed E-state index contributed by atoms with van der Waals surface area (Å²) in [6.45, 7) is 5.94. The molecule has 1 amide bonds. The Hall–Kier alpha value is -2.30. The van der Waals surface area contributed by atoms with Crippen LogP contribution in [0.3, 0.4) is 0 Å². The highest BCUT2D eigenvalue weighted by atomic mass is 16.1. The molecule has 1 aromatic heterocycles. The van der Waals surface area contributed by atoms with Crippen LogP contribution in [0.1, 0.15) is 41.4 Å². The first-order chi connectivity index (χ1) is 9.00. The van der Waals surface area contributed by atoms with Crippen LogP contribution < -0.4 is 11.1 Å². The summed E-state index contributed by atoms with van der Waals surface area (Å²) in [6.07, 6.45) is 0. The number of benzene rings is 1. The zero-order chi connectivity index (χ0) is 14.0. The van der Waals surface area contributed by atoms with E-state index in [4.69, 9.17) is 5.73 Å². The first-order valence-electron chi connectivity index (χ1n) is 6.21. The molecule has 0 radical (unpaired) electrons. The van der Waals surface area contributed by atoms with Gasteiger partial charge < -0.3 is 11.1 Å². The van der Waals surface area contributed by atoms with Gasteiger partial charge in [-0.3, -0.25) is 9.89 Å². The Morgan fingerprint density at radius 1 is 1.37 bits per heavy atom. The van der Waals surface area contributed by atoms with Crippen LogP contribution in [0.4, 0.5) is 11.5 Å². The molecule has 1 aromatic carbocycles. The molecule has 100 valence electrons. The summed E-state index contributed by atoms with van der Waals surface area (Å²) < 4.78 is 0. The van der Waals surface area contributed by atoms with E-state index < -0.39 is 0 Å². The van der Waals surface area contributed by atoms with E-state index in [1.165, 1.54) is 0 Å². The molecule has 0 atom stereocenters. The van der Waals surface area contributed by atoms with Gasteiger partial charge in [-0.1, -0.05) is 32.0 Å². The molecule has 0 unspecified atom stereocenters. The van der Waals surface area contributed by atoms with E-state index in [1.54, 1.807) is 6.92 Å². The lowest BCUT2D eigenvalue weighted by Gasteiger charge is -2.13. The van der Waals surface area contributed by atoms with Crippen molar-refractivity contribution in [1.82, 2.24) is 10.2 Å². The number of H-pyrrole nitrogens is 1. The maximum Gasteiger partial charge on any atom is 0.261 e. The molecule has 2 rings (SSSR count). The van der Waals surface area contributed by atoms with Gasteiger partial charge in [0, 0.05) is 11.4 Å². The van der Waals surface area contributed by atoms with Gasteiger partial charge in [-0.25, -0.2) is 0 Å². The Bertz CT molecular complexity index is 582. The minimum atomic E-state index is -0.239. The second kappa shape index (κ2) is 5.14. The Morgan fingerprint density at radius 3 is 2.63 bits per heavy atom. The topological polar surface area (TPSA) is 83.8 Å². The van der Waals surface area contributed by atoms with Crippen LogP contribution in [-0.2, 0) is 0 Å². The number of rotatable bonds is 3. The Balaban J connectivity index is 2.30. The number of nitrogens with one attached hydrogen (secondary N) is 2. The van der Waals surface area contributed by atoms with E-state index in [1.807, 2.05) is 24.3 Å². The van der Waals surface area contributed by atoms with Gasteiger partial charge in [-0.05, 0) is 24.5 Å². The molecule has 0 aliphatic heterocycles. The molecule has 0 aliphatic rings. The molecule has 5 nitrogen and oxygen atoms in total. The summed E-state index contributed by atoms with van der Waals surface area (Å²) in [4.78, 5) is 12.2. The van der Waals surface area contributed by atoms with Gasteiger partial charge in [0.15, 0.2) is 5.82 Å². The van der Waals surface area contributed by atoms with Gasteiger partial charge in [-0.2, -0.15) is 5.10 Å². The third kappa shape index (κ3) is 2.59. The van der Waals surface area contributed by atoms with Gasteiger partial charge in [0.25, 0.3) is 5.91 Å². The third-order valence-corrected chi connectivity index (χ3v) is 3.03. The maximum absolute atomic E-state index is 12.2. The van der Waals surface area contributed by atoms with E-state index in [9.17, 15) is 4.79 Å². The fourth-order valence-corrected chi connectivity index (χ4v) is 2.03. The molecule has 2 aromatic rings. The van der Waals surface area contributed by atoms with E-state index >= 15 is 0 Å². The van der Waals surface area contributed by atoms with Gasteiger partial charge in [0.1, 0.15) is 5.56 Å². The smallest absolute Gasteiger partial charge is 0.261 e. The number of aryl methyl sites for hydroxylation is 1. The molecule has 0 saturated carbocycles. The molecule has 0 fully saturated rings. The fraction of sp³-hybridized carbons (Fsp3) is 0.286. The van der Waals surface area contributed by atoms with Crippen molar-refractivity contribution in [1.29, 1.82) is 0 Å². The summed E-state index contributed by atoms with van der Waals surface area (Å²) >= 11 is 0. The number of carbonyl (C=O) groups is 1. The zero-order valence-electron chi connectivity index (χ0n) is 11.3. The lowest BCUT2D eigenvalue weighted by molar-refractivity contribution is 0.102. The number of amides is 1. The number of hydrogen-bond donors (Lipinski definition) is 3. The number of para-hydroxylation sites is 1. The van der Waals surface area contributed by atoms with Crippen molar-refractivity contribution < 1.29 is 4.79 Å². The first-order valence-corrected chi connectivity index (χ1v) is 6.21. The lowest BCUT2D eigenvalue weighted by atomic mass is 10.0. The largest absolute Gasteiger partial charge is 0.382 e. The molecule has 0 aliphatic carbocycles. The van der Waals surface area contributed by atoms with Crippen LogP contribution in [0.25, 0.3) is 0 Å². The van der Waals surface area contributed by atoms with Crippen molar-refractivity contribution in [3.8, 4) is 0 Å².